The zero-order valence-corrected chi connectivity index (χ0v) is 15.1. The molecule has 26 heavy (non-hydrogen) atoms. The Bertz CT molecular complexity index is 929. The minimum absolute atomic E-state index is 0.0994. The average molecular weight is 357 g/mol. The topological polar surface area (TPSA) is 77.2 Å². The number of likely N-dealkylation sites (N-methyl/N-ethyl adjacent to an activating group) is 1. The monoisotopic (exact) mass is 357 g/mol. The van der Waals surface area contributed by atoms with Gasteiger partial charge in [-0.3, -0.25) is 0 Å². The number of hydrogen-bond donors (Lipinski definition) is 1. The van der Waals surface area contributed by atoms with Crippen LogP contribution in [-0.4, -0.2) is 60.8 Å². The molecule has 4 rings (SSSR count). The first-order valence-electron chi connectivity index (χ1n) is 8.95. The highest BCUT2D eigenvalue weighted by atomic mass is 16.4. The van der Waals surface area contributed by atoms with Gasteiger partial charge in [-0.2, -0.15) is 0 Å². The number of fused-ring (bicyclic) bond motifs is 3. The molecule has 0 saturated carbocycles. The zero-order valence-electron chi connectivity index (χ0n) is 15.1. The van der Waals surface area contributed by atoms with Gasteiger partial charge >= 0.3 is 11.7 Å². The second-order valence-corrected chi connectivity index (χ2v) is 7.18. The minimum Gasteiger partial charge on any atom is -0.465 e. The summed E-state index contributed by atoms with van der Waals surface area (Å²) in [5, 5.41) is 10.1. The summed E-state index contributed by atoms with van der Waals surface area (Å²) in [7, 11) is 2.12. The highest BCUT2D eigenvalue weighted by Crippen LogP contribution is 2.32. The third-order valence-electron chi connectivity index (χ3n) is 5.60. The summed E-state index contributed by atoms with van der Waals surface area (Å²) in [5.41, 5.74) is 3.70. The molecule has 7 heteroatoms. The van der Waals surface area contributed by atoms with Crippen molar-refractivity contribution in [2.24, 2.45) is 0 Å². The molecule has 3 heterocycles. The van der Waals surface area contributed by atoms with Gasteiger partial charge in [0.25, 0.3) is 0 Å². The number of benzene rings is 1. The van der Waals surface area contributed by atoms with Crippen molar-refractivity contribution in [1.29, 1.82) is 0 Å². The molecule has 0 aliphatic carbocycles. The Kier molecular flexibility index (Phi) is 4.11. The molecule has 0 unspecified atom stereocenters. The van der Waals surface area contributed by atoms with Crippen molar-refractivity contribution in [2.45, 2.75) is 19.9 Å². The van der Waals surface area contributed by atoms with Gasteiger partial charge in [0.2, 0.25) is 0 Å². The molecule has 0 spiro atoms. The van der Waals surface area contributed by atoms with E-state index < -0.39 is 11.7 Å². The van der Waals surface area contributed by atoms with E-state index in [-0.39, 0.29) is 6.54 Å². The van der Waals surface area contributed by atoms with Gasteiger partial charge in [0.05, 0.1) is 12.1 Å². The number of carbonyl (C=O) groups is 1. The first kappa shape index (κ1) is 16.9. The van der Waals surface area contributed by atoms with Gasteiger partial charge in [0, 0.05) is 49.4 Å². The summed E-state index contributed by atoms with van der Waals surface area (Å²) in [4.78, 5) is 29.6. The summed E-state index contributed by atoms with van der Waals surface area (Å²) in [6, 6.07) is 4.13. The zero-order chi connectivity index (χ0) is 18.4. The number of nitrogens with zero attached hydrogens (tertiary/aromatic N) is 3. The normalized spacial score (nSPS) is 18.2. The Morgan fingerprint density at radius 1 is 1.12 bits per heavy atom. The maximum atomic E-state index is 12.5. The molecule has 7 nitrogen and oxygen atoms in total. The predicted octanol–water partition coefficient (Wildman–Crippen LogP) is 1.89. The van der Waals surface area contributed by atoms with Gasteiger partial charge in [-0.25, -0.2) is 9.59 Å². The molecule has 0 radical (unpaired) electrons. The van der Waals surface area contributed by atoms with Crippen molar-refractivity contribution in [3.8, 4) is 0 Å². The van der Waals surface area contributed by atoms with Crippen LogP contribution in [0.1, 0.15) is 16.7 Å². The van der Waals surface area contributed by atoms with Crippen molar-refractivity contribution in [3.63, 3.8) is 0 Å². The smallest absolute Gasteiger partial charge is 0.407 e. The van der Waals surface area contributed by atoms with Crippen LogP contribution in [0, 0.1) is 6.92 Å². The van der Waals surface area contributed by atoms with Crippen LogP contribution in [0.4, 0.5) is 10.5 Å². The van der Waals surface area contributed by atoms with E-state index in [1.54, 1.807) is 0 Å². The Morgan fingerprint density at radius 2 is 1.85 bits per heavy atom. The maximum Gasteiger partial charge on any atom is 0.407 e. The van der Waals surface area contributed by atoms with Crippen LogP contribution < -0.4 is 10.5 Å². The highest BCUT2D eigenvalue weighted by Gasteiger charge is 2.26. The fraction of sp³-hybridized carbons (Fsp3) is 0.474. The maximum absolute atomic E-state index is 12.5. The van der Waals surface area contributed by atoms with Crippen LogP contribution in [0.3, 0.4) is 0 Å². The fourth-order valence-electron chi connectivity index (χ4n) is 4.01. The van der Waals surface area contributed by atoms with Crippen molar-refractivity contribution < 1.29 is 14.3 Å². The van der Waals surface area contributed by atoms with E-state index in [0.29, 0.717) is 24.1 Å². The van der Waals surface area contributed by atoms with Crippen LogP contribution in [0.2, 0.25) is 0 Å². The lowest BCUT2D eigenvalue weighted by Gasteiger charge is -2.35. The van der Waals surface area contributed by atoms with E-state index in [1.807, 2.05) is 13.0 Å². The summed E-state index contributed by atoms with van der Waals surface area (Å²) >= 11 is 0. The van der Waals surface area contributed by atoms with Crippen molar-refractivity contribution in [2.75, 3.05) is 44.7 Å². The fourth-order valence-corrected chi connectivity index (χ4v) is 4.01. The van der Waals surface area contributed by atoms with Crippen LogP contribution in [-0.2, 0) is 13.0 Å². The largest absolute Gasteiger partial charge is 0.465 e. The van der Waals surface area contributed by atoms with Crippen LogP contribution >= 0.6 is 0 Å². The quantitative estimate of drug-likeness (QED) is 0.786. The number of carboxylic acid groups (broad SMARTS) is 1. The highest BCUT2D eigenvalue weighted by molar-refractivity contribution is 5.88. The molecule has 1 saturated heterocycles. The number of rotatable bonds is 1. The number of anilines is 1. The summed E-state index contributed by atoms with van der Waals surface area (Å²) in [6.07, 6.45) is -0.464. The molecular formula is C19H23N3O4. The van der Waals surface area contributed by atoms with E-state index in [2.05, 4.69) is 22.9 Å². The lowest BCUT2D eigenvalue weighted by Crippen LogP contribution is -2.44. The van der Waals surface area contributed by atoms with E-state index in [0.717, 1.165) is 48.4 Å². The second kappa shape index (κ2) is 6.32. The van der Waals surface area contributed by atoms with Crippen molar-refractivity contribution in [1.82, 2.24) is 9.80 Å². The Morgan fingerprint density at radius 3 is 2.54 bits per heavy atom. The Labute approximate surface area is 151 Å². The van der Waals surface area contributed by atoms with Crippen LogP contribution in [0.25, 0.3) is 11.0 Å². The molecule has 138 valence electrons. The van der Waals surface area contributed by atoms with Crippen molar-refractivity contribution in [3.05, 3.63) is 39.2 Å². The lowest BCUT2D eigenvalue weighted by atomic mass is 9.96. The van der Waals surface area contributed by atoms with Crippen LogP contribution in [0.5, 0.6) is 0 Å². The number of piperazine rings is 1. The third-order valence-corrected chi connectivity index (χ3v) is 5.60. The molecule has 0 bridgehead atoms. The average Bonchev–Trinajstić information content (AvgIpc) is 2.63. The molecule has 1 fully saturated rings. The molecule has 2 aromatic rings. The van der Waals surface area contributed by atoms with Gasteiger partial charge in [0.15, 0.2) is 0 Å². The Balaban J connectivity index is 1.79. The van der Waals surface area contributed by atoms with E-state index >= 15 is 0 Å². The van der Waals surface area contributed by atoms with Crippen molar-refractivity contribution >= 4 is 22.7 Å². The van der Waals surface area contributed by atoms with E-state index in [9.17, 15) is 14.7 Å². The first-order chi connectivity index (χ1) is 12.5. The molecular weight excluding hydrogens is 334 g/mol. The SMILES string of the molecule is Cc1c(N2CCN(C)CC2)ccc2c3c(c(=O)oc12)CN(C(=O)O)CC3. The molecule has 1 N–H and O–H groups in total. The standard InChI is InChI=1S/C19H23N3O4/c1-12-16(21-9-7-20(2)8-10-21)4-3-14-13-5-6-22(19(24)25)11-15(13)18(23)26-17(12)14/h3-4H,5-11H2,1-2H3,(H,24,25). The Hall–Kier alpha value is -2.54. The van der Waals surface area contributed by atoms with E-state index in [1.165, 1.54) is 4.90 Å². The molecule has 1 aromatic carbocycles. The first-order valence-corrected chi connectivity index (χ1v) is 8.95. The molecule has 1 amide bonds. The number of hydrogen-bond acceptors (Lipinski definition) is 5. The summed E-state index contributed by atoms with van der Waals surface area (Å²) in [5.74, 6) is 0. The van der Waals surface area contributed by atoms with Gasteiger partial charge in [-0.15, -0.1) is 0 Å². The second-order valence-electron chi connectivity index (χ2n) is 7.18. The molecule has 1 aromatic heterocycles. The molecule has 2 aliphatic heterocycles. The van der Waals surface area contributed by atoms with Gasteiger partial charge < -0.3 is 24.2 Å². The van der Waals surface area contributed by atoms with Gasteiger partial charge in [-0.1, -0.05) is 0 Å². The minimum atomic E-state index is -1.00. The molecule has 2 aliphatic rings. The third kappa shape index (κ3) is 2.72. The predicted molar refractivity (Wildman–Crippen MR) is 99.1 cm³/mol. The van der Waals surface area contributed by atoms with E-state index in [4.69, 9.17) is 4.42 Å². The number of aryl methyl sites for hydroxylation is 1. The summed E-state index contributed by atoms with van der Waals surface area (Å²) < 4.78 is 5.66. The summed E-state index contributed by atoms with van der Waals surface area (Å²) in [6.45, 7) is 6.42. The molecule has 0 atom stereocenters. The van der Waals surface area contributed by atoms with Crippen LogP contribution in [0.15, 0.2) is 21.3 Å². The number of amides is 1. The van der Waals surface area contributed by atoms with Gasteiger partial charge in [-0.05, 0) is 38.1 Å². The lowest BCUT2D eigenvalue weighted by molar-refractivity contribution is 0.139. The van der Waals surface area contributed by atoms with Gasteiger partial charge in [0.1, 0.15) is 5.58 Å².